The summed E-state index contributed by atoms with van der Waals surface area (Å²) >= 11 is 1.49. The molecule has 2 aliphatic heterocycles. The molecule has 2 aromatic rings. The maximum Gasteiger partial charge on any atom is 0.314 e. The highest BCUT2D eigenvalue weighted by Crippen LogP contribution is 2.52. The summed E-state index contributed by atoms with van der Waals surface area (Å²) in [5, 5.41) is 1.94. The van der Waals surface area contributed by atoms with Crippen molar-refractivity contribution in [3.05, 3.63) is 50.3 Å². The van der Waals surface area contributed by atoms with Gasteiger partial charge in [-0.3, -0.25) is 14.4 Å². The third-order valence-corrected chi connectivity index (χ3v) is 6.92. The van der Waals surface area contributed by atoms with Crippen molar-refractivity contribution >= 4 is 23.2 Å². The fraction of sp³-hybridized carbons (Fsp3) is 0.500. The normalized spacial score (nSPS) is 25.9. The molecule has 148 valence electrons. The van der Waals surface area contributed by atoms with Gasteiger partial charge < -0.3 is 14.2 Å². The van der Waals surface area contributed by atoms with E-state index in [0.717, 1.165) is 24.2 Å². The Morgan fingerprint density at radius 2 is 2.14 bits per heavy atom. The highest BCUT2D eigenvalue weighted by Gasteiger charge is 2.62. The van der Waals surface area contributed by atoms with Crippen molar-refractivity contribution in [3.8, 4) is 0 Å². The van der Waals surface area contributed by atoms with E-state index in [1.165, 1.54) is 30.6 Å². The summed E-state index contributed by atoms with van der Waals surface area (Å²) in [6.07, 6.45) is 2.62. The number of fused-ring (bicyclic) bond motifs is 2. The minimum Gasteiger partial charge on any atom is -0.469 e. The standard InChI is InChI=1S/C20H23N3O4S/c1-12-6-15(24)7-16(22(12)2)18(25)23-14-4-5-17(23)20(9-14,19(26)27-3)8-13-10-28-11-21-13/h6-7,10-11,14,17H,4-5,8-9H2,1-3H3/t14-,17+,20+/m1/s1. The molecule has 0 aliphatic carbocycles. The minimum atomic E-state index is -0.788. The largest absolute Gasteiger partial charge is 0.469 e. The van der Waals surface area contributed by atoms with Gasteiger partial charge in [0.1, 0.15) is 5.69 Å². The van der Waals surface area contributed by atoms with Crippen LogP contribution in [0.15, 0.2) is 27.8 Å². The van der Waals surface area contributed by atoms with Gasteiger partial charge in [0.05, 0.1) is 23.7 Å². The van der Waals surface area contributed by atoms with Gasteiger partial charge in [-0.05, 0) is 26.2 Å². The molecule has 1 amide bonds. The van der Waals surface area contributed by atoms with Gasteiger partial charge in [0.25, 0.3) is 5.91 Å². The molecule has 0 spiro atoms. The molecular weight excluding hydrogens is 378 g/mol. The van der Waals surface area contributed by atoms with Crippen LogP contribution in [0.4, 0.5) is 0 Å². The molecule has 0 saturated carbocycles. The highest BCUT2D eigenvalue weighted by molar-refractivity contribution is 7.07. The quantitative estimate of drug-likeness (QED) is 0.731. The topological polar surface area (TPSA) is 81.5 Å². The van der Waals surface area contributed by atoms with Gasteiger partial charge in [0.2, 0.25) is 0 Å². The number of rotatable bonds is 4. The molecule has 7 nitrogen and oxygen atoms in total. The average molecular weight is 401 g/mol. The van der Waals surface area contributed by atoms with Crippen LogP contribution in [0.2, 0.25) is 0 Å². The summed E-state index contributed by atoms with van der Waals surface area (Å²) in [6, 6.07) is 2.60. The van der Waals surface area contributed by atoms with E-state index in [-0.39, 0.29) is 29.4 Å². The van der Waals surface area contributed by atoms with Gasteiger partial charge in [0.15, 0.2) is 5.43 Å². The van der Waals surface area contributed by atoms with Gasteiger partial charge in [0, 0.05) is 48.8 Å². The lowest BCUT2D eigenvalue weighted by Gasteiger charge is -2.34. The van der Waals surface area contributed by atoms with E-state index in [9.17, 15) is 14.4 Å². The number of carbonyl (C=O) groups is 2. The van der Waals surface area contributed by atoms with E-state index in [2.05, 4.69) is 4.98 Å². The van der Waals surface area contributed by atoms with Crippen LogP contribution in [0.25, 0.3) is 0 Å². The molecule has 2 saturated heterocycles. The van der Waals surface area contributed by atoms with Crippen molar-refractivity contribution < 1.29 is 14.3 Å². The van der Waals surface area contributed by atoms with Gasteiger partial charge in [-0.25, -0.2) is 4.98 Å². The maximum atomic E-state index is 13.4. The first-order chi connectivity index (χ1) is 13.4. The van der Waals surface area contributed by atoms with E-state index < -0.39 is 5.41 Å². The second kappa shape index (κ2) is 6.84. The van der Waals surface area contributed by atoms with E-state index in [1.54, 1.807) is 24.0 Å². The summed E-state index contributed by atoms with van der Waals surface area (Å²) in [4.78, 5) is 44.5. The van der Waals surface area contributed by atoms with Crippen molar-refractivity contribution in [1.82, 2.24) is 14.5 Å². The van der Waals surface area contributed by atoms with Crippen LogP contribution < -0.4 is 5.43 Å². The number of aryl methyl sites for hydroxylation is 1. The molecule has 2 aliphatic rings. The average Bonchev–Trinajstić information content (AvgIpc) is 3.39. The maximum absolute atomic E-state index is 13.4. The fourth-order valence-electron chi connectivity index (χ4n) is 4.93. The van der Waals surface area contributed by atoms with Crippen molar-refractivity contribution in [3.63, 3.8) is 0 Å². The Bertz CT molecular complexity index is 984. The van der Waals surface area contributed by atoms with Crippen LogP contribution in [-0.4, -0.2) is 45.5 Å². The Morgan fingerprint density at radius 3 is 2.82 bits per heavy atom. The zero-order valence-electron chi connectivity index (χ0n) is 16.2. The van der Waals surface area contributed by atoms with E-state index in [4.69, 9.17) is 4.74 Å². The lowest BCUT2D eigenvalue weighted by Crippen LogP contribution is -2.47. The van der Waals surface area contributed by atoms with Gasteiger partial charge in [-0.1, -0.05) is 0 Å². The molecule has 0 radical (unpaired) electrons. The van der Waals surface area contributed by atoms with Crippen molar-refractivity contribution in [2.45, 2.75) is 44.7 Å². The van der Waals surface area contributed by atoms with Gasteiger partial charge >= 0.3 is 5.97 Å². The van der Waals surface area contributed by atoms with Crippen LogP contribution >= 0.6 is 11.3 Å². The number of carbonyl (C=O) groups excluding carboxylic acids is 2. The number of hydrogen-bond acceptors (Lipinski definition) is 6. The molecule has 0 unspecified atom stereocenters. The summed E-state index contributed by atoms with van der Waals surface area (Å²) in [5.41, 5.74) is 2.70. The zero-order valence-corrected chi connectivity index (χ0v) is 17.0. The fourth-order valence-corrected chi connectivity index (χ4v) is 5.48. The Kier molecular flexibility index (Phi) is 4.61. The molecule has 4 heterocycles. The summed E-state index contributed by atoms with van der Waals surface area (Å²) < 4.78 is 6.92. The molecule has 28 heavy (non-hydrogen) atoms. The van der Waals surface area contributed by atoms with E-state index in [0.29, 0.717) is 18.5 Å². The molecule has 2 fully saturated rings. The van der Waals surface area contributed by atoms with Crippen LogP contribution in [0.3, 0.4) is 0 Å². The first kappa shape index (κ1) is 18.9. The number of amides is 1. The lowest BCUT2D eigenvalue weighted by atomic mass is 9.71. The van der Waals surface area contributed by atoms with Crippen LogP contribution in [-0.2, 0) is 23.0 Å². The first-order valence-electron chi connectivity index (χ1n) is 9.33. The summed E-state index contributed by atoms with van der Waals surface area (Å²) in [5.74, 6) is -0.483. The smallest absolute Gasteiger partial charge is 0.314 e. The third-order valence-electron chi connectivity index (χ3n) is 6.29. The molecule has 0 N–H and O–H groups in total. The lowest BCUT2D eigenvalue weighted by molar-refractivity contribution is -0.154. The predicted molar refractivity (Wildman–Crippen MR) is 104 cm³/mol. The van der Waals surface area contributed by atoms with Crippen molar-refractivity contribution in [2.75, 3.05) is 7.11 Å². The number of nitrogens with zero attached hydrogens (tertiary/aromatic N) is 3. The molecule has 3 atom stereocenters. The SMILES string of the molecule is COC(=O)[C@@]1(Cc2cscn2)C[C@H]2CC[C@@H]1N2C(=O)c1cc(=O)cc(C)n1C. The Hall–Kier alpha value is -2.48. The number of esters is 1. The Labute approximate surface area is 167 Å². The van der Waals surface area contributed by atoms with Crippen LogP contribution in [0.5, 0.6) is 0 Å². The van der Waals surface area contributed by atoms with E-state index >= 15 is 0 Å². The molecule has 2 aromatic heterocycles. The Balaban J connectivity index is 1.73. The van der Waals surface area contributed by atoms with Crippen molar-refractivity contribution in [1.29, 1.82) is 0 Å². The minimum absolute atomic E-state index is 0.0363. The first-order valence-corrected chi connectivity index (χ1v) is 10.3. The number of methoxy groups -OCH3 is 1. The molecule has 0 aromatic carbocycles. The number of ether oxygens (including phenoxy) is 1. The molecule has 8 heteroatoms. The Morgan fingerprint density at radius 1 is 1.36 bits per heavy atom. The van der Waals surface area contributed by atoms with Gasteiger partial charge in [-0.15, -0.1) is 11.3 Å². The molecular formula is C20H23N3O4S. The highest BCUT2D eigenvalue weighted by atomic mass is 32.1. The van der Waals surface area contributed by atoms with Gasteiger partial charge in [-0.2, -0.15) is 0 Å². The number of thiazole rings is 1. The number of hydrogen-bond donors (Lipinski definition) is 0. The van der Waals surface area contributed by atoms with Crippen LogP contribution in [0.1, 0.15) is 41.1 Å². The van der Waals surface area contributed by atoms with Crippen molar-refractivity contribution in [2.24, 2.45) is 12.5 Å². The number of aromatic nitrogens is 2. The number of pyridine rings is 1. The second-order valence-electron chi connectivity index (χ2n) is 7.74. The summed E-state index contributed by atoms with van der Waals surface area (Å²) in [7, 11) is 3.18. The predicted octanol–water partition coefficient (Wildman–Crippen LogP) is 1.93. The van der Waals surface area contributed by atoms with E-state index in [1.807, 2.05) is 10.3 Å². The molecule has 4 rings (SSSR count). The third kappa shape index (κ3) is 2.78. The zero-order chi connectivity index (χ0) is 20.1. The molecule has 2 bridgehead atoms. The van der Waals surface area contributed by atoms with Crippen LogP contribution in [0, 0.1) is 12.3 Å². The monoisotopic (exact) mass is 401 g/mol. The second-order valence-corrected chi connectivity index (χ2v) is 8.46. The summed E-state index contributed by atoms with van der Waals surface area (Å²) in [6.45, 7) is 1.80.